The van der Waals surface area contributed by atoms with Crippen molar-refractivity contribution < 1.29 is 8.42 Å². The third-order valence-corrected chi connectivity index (χ3v) is 4.02. The summed E-state index contributed by atoms with van der Waals surface area (Å²) in [6, 6.07) is 6.88. The summed E-state index contributed by atoms with van der Waals surface area (Å²) in [5.74, 6) is 0. The lowest BCUT2D eigenvalue weighted by molar-refractivity contribution is 0.295. The SMILES string of the molecule is Cc1ccc(S(=O)(=O)N(C)CN(C)C)cc1. The summed E-state index contributed by atoms with van der Waals surface area (Å²) >= 11 is 0. The molecule has 1 aromatic carbocycles. The van der Waals surface area contributed by atoms with Gasteiger partial charge in [-0.05, 0) is 33.2 Å². The monoisotopic (exact) mass is 242 g/mol. The van der Waals surface area contributed by atoms with Gasteiger partial charge in [0.25, 0.3) is 0 Å². The fourth-order valence-electron chi connectivity index (χ4n) is 1.36. The topological polar surface area (TPSA) is 40.6 Å². The second kappa shape index (κ2) is 4.95. The molecule has 0 aliphatic carbocycles. The van der Waals surface area contributed by atoms with Gasteiger partial charge in [0, 0.05) is 7.05 Å². The van der Waals surface area contributed by atoms with Gasteiger partial charge in [-0.15, -0.1) is 0 Å². The molecule has 4 nitrogen and oxygen atoms in total. The van der Waals surface area contributed by atoms with E-state index >= 15 is 0 Å². The van der Waals surface area contributed by atoms with E-state index in [4.69, 9.17) is 0 Å². The number of nitrogens with zero attached hydrogens (tertiary/aromatic N) is 2. The van der Waals surface area contributed by atoms with Gasteiger partial charge in [-0.2, -0.15) is 4.31 Å². The van der Waals surface area contributed by atoms with Gasteiger partial charge in [0.2, 0.25) is 10.0 Å². The number of hydrogen-bond donors (Lipinski definition) is 0. The van der Waals surface area contributed by atoms with E-state index in [0.29, 0.717) is 11.6 Å². The van der Waals surface area contributed by atoms with Gasteiger partial charge in [0.15, 0.2) is 0 Å². The molecule has 0 bridgehead atoms. The fourth-order valence-corrected chi connectivity index (χ4v) is 2.59. The minimum absolute atomic E-state index is 0.336. The van der Waals surface area contributed by atoms with Crippen molar-refractivity contribution >= 4 is 10.0 Å². The summed E-state index contributed by atoms with van der Waals surface area (Å²) in [7, 11) is 1.89. The summed E-state index contributed by atoms with van der Waals surface area (Å²) in [5.41, 5.74) is 1.05. The fraction of sp³-hybridized carbons (Fsp3) is 0.455. The molecule has 90 valence electrons. The van der Waals surface area contributed by atoms with Crippen LogP contribution in [-0.2, 0) is 10.0 Å². The quantitative estimate of drug-likeness (QED) is 0.743. The van der Waals surface area contributed by atoms with E-state index in [1.165, 1.54) is 4.31 Å². The standard InChI is InChI=1S/C11H18N2O2S/c1-10-5-7-11(8-6-10)16(14,15)13(4)9-12(2)3/h5-8H,9H2,1-4H3. The molecule has 0 fully saturated rings. The molecule has 0 aliphatic rings. The van der Waals surface area contributed by atoms with Crippen molar-refractivity contribution in [3.63, 3.8) is 0 Å². The van der Waals surface area contributed by atoms with Gasteiger partial charge in [-0.1, -0.05) is 17.7 Å². The lowest BCUT2D eigenvalue weighted by Gasteiger charge is -2.21. The van der Waals surface area contributed by atoms with Gasteiger partial charge >= 0.3 is 0 Å². The molecule has 5 heteroatoms. The smallest absolute Gasteiger partial charge is 0.243 e. The molecule has 0 radical (unpaired) electrons. The van der Waals surface area contributed by atoms with Crippen LogP contribution in [0.25, 0.3) is 0 Å². The van der Waals surface area contributed by atoms with Crippen LogP contribution >= 0.6 is 0 Å². The summed E-state index contributed by atoms with van der Waals surface area (Å²) in [6.07, 6.45) is 0. The van der Waals surface area contributed by atoms with Gasteiger partial charge < -0.3 is 0 Å². The molecule has 0 spiro atoms. The Labute approximate surface area is 97.5 Å². The molecule has 0 heterocycles. The summed E-state index contributed by atoms with van der Waals surface area (Å²) in [6.45, 7) is 2.30. The highest BCUT2D eigenvalue weighted by Crippen LogP contribution is 2.14. The molecule has 0 amide bonds. The van der Waals surface area contributed by atoms with Crippen LogP contribution in [-0.4, -0.2) is 45.4 Å². The van der Waals surface area contributed by atoms with Crippen LogP contribution in [0.3, 0.4) is 0 Å². The number of rotatable bonds is 4. The van der Waals surface area contributed by atoms with Crippen molar-refractivity contribution in [2.45, 2.75) is 11.8 Å². The first-order valence-corrected chi connectivity index (χ1v) is 6.46. The van der Waals surface area contributed by atoms with Crippen molar-refractivity contribution in [1.29, 1.82) is 0 Å². The van der Waals surface area contributed by atoms with E-state index in [9.17, 15) is 8.42 Å². The van der Waals surface area contributed by atoms with Crippen molar-refractivity contribution in [2.24, 2.45) is 0 Å². The van der Waals surface area contributed by atoms with Crippen LogP contribution in [0, 0.1) is 6.92 Å². The van der Waals surface area contributed by atoms with Gasteiger partial charge in [0.1, 0.15) is 0 Å². The zero-order chi connectivity index (χ0) is 12.3. The normalized spacial score (nSPS) is 12.4. The highest BCUT2D eigenvalue weighted by molar-refractivity contribution is 7.89. The average molecular weight is 242 g/mol. The number of benzene rings is 1. The van der Waals surface area contributed by atoms with E-state index in [0.717, 1.165) is 5.56 Å². The molecule has 1 aromatic rings. The van der Waals surface area contributed by atoms with E-state index < -0.39 is 10.0 Å². The Hall–Kier alpha value is -0.910. The largest absolute Gasteiger partial charge is 0.296 e. The Balaban J connectivity index is 2.97. The summed E-state index contributed by atoms with van der Waals surface area (Å²) in [5, 5.41) is 0. The summed E-state index contributed by atoms with van der Waals surface area (Å²) < 4.78 is 25.5. The van der Waals surface area contributed by atoms with E-state index in [1.54, 1.807) is 31.3 Å². The van der Waals surface area contributed by atoms with Gasteiger partial charge in [0.05, 0.1) is 11.6 Å². The summed E-state index contributed by atoms with van der Waals surface area (Å²) in [4.78, 5) is 2.15. The number of sulfonamides is 1. The molecular formula is C11H18N2O2S. The third kappa shape index (κ3) is 3.04. The molecule has 0 saturated carbocycles. The Morgan fingerprint density at radius 3 is 2.00 bits per heavy atom. The van der Waals surface area contributed by atoms with Crippen LogP contribution in [0.15, 0.2) is 29.2 Å². The Morgan fingerprint density at radius 1 is 1.06 bits per heavy atom. The van der Waals surface area contributed by atoms with E-state index in [2.05, 4.69) is 0 Å². The molecule has 0 atom stereocenters. The Bertz CT molecular complexity index is 438. The van der Waals surface area contributed by atoms with Crippen molar-refractivity contribution in [2.75, 3.05) is 27.8 Å². The maximum absolute atomic E-state index is 12.1. The first-order chi connectivity index (χ1) is 7.34. The maximum atomic E-state index is 12.1. The lowest BCUT2D eigenvalue weighted by atomic mass is 10.2. The Kier molecular flexibility index (Phi) is 4.07. The predicted molar refractivity (Wildman–Crippen MR) is 64.7 cm³/mol. The van der Waals surface area contributed by atoms with Gasteiger partial charge in [-0.25, -0.2) is 8.42 Å². The Morgan fingerprint density at radius 2 is 1.56 bits per heavy atom. The lowest BCUT2D eigenvalue weighted by Crippen LogP contribution is -2.35. The predicted octanol–water partition coefficient (Wildman–Crippen LogP) is 1.13. The molecule has 0 N–H and O–H groups in total. The van der Waals surface area contributed by atoms with Crippen LogP contribution in [0.4, 0.5) is 0 Å². The molecule has 16 heavy (non-hydrogen) atoms. The molecule has 0 aromatic heterocycles. The minimum Gasteiger partial charge on any atom is -0.296 e. The highest BCUT2D eigenvalue weighted by atomic mass is 32.2. The average Bonchev–Trinajstić information content (AvgIpc) is 2.17. The molecule has 1 rings (SSSR count). The zero-order valence-corrected chi connectivity index (χ0v) is 11.0. The first kappa shape index (κ1) is 13.2. The highest BCUT2D eigenvalue weighted by Gasteiger charge is 2.20. The van der Waals surface area contributed by atoms with Crippen molar-refractivity contribution in [3.8, 4) is 0 Å². The zero-order valence-electron chi connectivity index (χ0n) is 10.1. The second-order valence-corrected chi connectivity index (χ2v) is 6.18. The minimum atomic E-state index is -3.36. The first-order valence-electron chi connectivity index (χ1n) is 5.02. The van der Waals surface area contributed by atoms with Crippen molar-refractivity contribution in [1.82, 2.24) is 9.21 Å². The van der Waals surface area contributed by atoms with Crippen molar-refractivity contribution in [3.05, 3.63) is 29.8 Å². The number of aryl methyl sites for hydroxylation is 1. The number of hydrogen-bond acceptors (Lipinski definition) is 3. The van der Waals surface area contributed by atoms with Gasteiger partial charge in [-0.3, -0.25) is 4.90 Å². The van der Waals surface area contributed by atoms with E-state index in [-0.39, 0.29) is 0 Å². The molecule has 0 aliphatic heterocycles. The third-order valence-electron chi connectivity index (χ3n) is 2.21. The van der Waals surface area contributed by atoms with Crippen LogP contribution in [0.5, 0.6) is 0 Å². The van der Waals surface area contributed by atoms with Crippen LogP contribution < -0.4 is 0 Å². The van der Waals surface area contributed by atoms with E-state index in [1.807, 2.05) is 25.9 Å². The van der Waals surface area contributed by atoms with Crippen LogP contribution in [0.1, 0.15) is 5.56 Å². The molecular weight excluding hydrogens is 224 g/mol. The second-order valence-electron chi connectivity index (χ2n) is 4.14. The van der Waals surface area contributed by atoms with Crippen LogP contribution in [0.2, 0.25) is 0 Å². The molecule has 0 unspecified atom stereocenters. The molecule has 0 saturated heterocycles. The maximum Gasteiger partial charge on any atom is 0.243 e.